The molecule has 9 nitrogen and oxygen atoms in total. The first kappa shape index (κ1) is 21.6. The highest BCUT2D eigenvalue weighted by Gasteiger charge is 2.26. The van der Waals surface area contributed by atoms with Crippen molar-refractivity contribution in [3.63, 3.8) is 0 Å². The molecule has 1 aliphatic carbocycles. The Morgan fingerprint density at radius 3 is 2.94 bits per heavy atom. The van der Waals surface area contributed by atoms with E-state index in [9.17, 15) is 0 Å². The van der Waals surface area contributed by atoms with E-state index < -0.39 is 0 Å². The molecule has 176 valence electrons. The van der Waals surface area contributed by atoms with Crippen molar-refractivity contribution in [2.45, 2.75) is 32.7 Å². The molecule has 2 aliphatic rings. The lowest BCUT2D eigenvalue weighted by Crippen LogP contribution is -2.36. The summed E-state index contributed by atoms with van der Waals surface area (Å²) in [5.41, 5.74) is 2.21. The molecule has 0 bridgehead atoms. The molecule has 10 heteroatoms. The first-order valence-corrected chi connectivity index (χ1v) is 12.6. The van der Waals surface area contributed by atoms with Gasteiger partial charge in [-0.1, -0.05) is 19.1 Å². The zero-order chi connectivity index (χ0) is 23.1. The Morgan fingerprint density at radius 2 is 2.09 bits per heavy atom. The smallest absolute Gasteiger partial charge is 0.205 e. The molecular weight excluding hydrogens is 450 g/mol. The van der Waals surface area contributed by atoms with Crippen LogP contribution in [0.15, 0.2) is 24.3 Å². The summed E-state index contributed by atoms with van der Waals surface area (Å²) in [6.07, 6.45) is 3.30. The second-order valence-corrected chi connectivity index (χ2v) is 10.1. The van der Waals surface area contributed by atoms with Gasteiger partial charge in [-0.3, -0.25) is 4.90 Å². The maximum absolute atomic E-state index is 5.51. The van der Waals surface area contributed by atoms with E-state index in [1.165, 1.54) is 16.9 Å². The topological polar surface area (TPSA) is 91.1 Å². The van der Waals surface area contributed by atoms with Crippen molar-refractivity contribution >= 4 is 21.6 Å². The molecule has 1 saturated heterocycles. The third kappa shape index (κ3) is 4.06. The monoisotopic (exact) mass is 477 g/mol. The second kappa shape index (κ2) is 9.01. The van der Waals surface area contributed by atoms with Crippen molar-refractivity contribution < 1.29 is 9.47 Å². The van der Waals surface area contributed by atoms with Gasteiger partial charge in [0.2, 0.25) is 5.82 Å². The van der Waals surface area contributed by atoms with E-state index in [4.69, 9.17) is 24.5 Å². The summed E-state index contributed by atoms with van der Waals surface area (Å²) in [5, 5.41) is 14.6. The van der Waals surface area contributed by atoms with Crippen LogP contribution in [0.1, 0.15) is 29.6 Å². The predicted octanol–water partition coefficient (Wildman–Crippen LogP) is 3.30. The summed E-state index contributed by atoms with van der Waals surface area (Å²) in [4.78, 5) is 16.3. The Hall–Kier alpha value is -2.95. The first-order valence-electron chi connectivity index (χ1n) is 11.7. The molecule has 1 atom stereocenters. The Bertz CT molecular complexity index is 1330. The van der Waals surface area contributed by atoms with Gasteiger partial charge in [0, 0.05) is 23.5 Å². The number of rotatable bonds is 5. The number of benzene rings is 1. The summed E-state index contributed by atoms with van der Waals surface area (Å²) < 4.78 is 10.9. The summed E-state index contributed by atoms with van der Waals surface area (Å²) in [5.74, 6) is 3.50. The minimum Gasteiger partial charge on any atom is -0.497 e. The lowest BCUT2D eigenvalue weighted by Gasteiger charge is -2.25. The van der Waals surface area contributed by atoms with E-state index in [0.717, 1.165) is 72.3 Å². The predicted molar refractivity (Wildman–Crippen MR) is 129 cm³/mol. The fourth-order valence-corrected chi connectivity index (χ4v) is 6.12. The average molecular weight is 478 g/mol. The number of nitrogens with zero attached hydrogens (tertiary/aromatic N) is 7. The highest BCUT2D eigenvalue weighted by Crippen LogP contribution is 2.39. The number of fused-ring (bicyclic) bond motifs is 3. The number of aryl methyl sites for hydroxylation is 1. The van der Waals surface area contributed by atoms with E-state index in [1.807, 2.05) is 24.3 Å². The SMILES string of the molecule is COc1cccc(-c2nnn(-c3nc(CN4CCOCC4)nc4sc5c(c34)CC[C@@H](C)C5)n2)c1. The van der Waals surface area contributed by atoms with Crippen LogP contribution in [0, 0.1) is 5.92 Å². The van der Waals surface area contributed by atoms with Crippen molar-refractivity contribution in [2.75, 3.05) is 33.4 Å². The number of tetrazole rings is 1. The molecule has 0 spiro atoms. The summed E-state index contributed by atoms with van der Waals surface area (Å²) in [6.45, 7) is 6.27. The highest BCUT2D eigenvalue weighted by molar-refractivity contribution is 7.18. The Balaban J connectivity index is 1.45. The number of aromatic nitrogens is 6. The van der Waals surface area contributed by atoms with Crippen molar-refractivity contribution in [1.29, 1.82) is 0 Å². The van der Waals surface area contributed by atoms with Crippen molar-refractivity contribution in [2.24, 2.45) is 5.92 Å². The number of hydrogen-bond donors (Lipinski definition) is 0. The molecular formula is C24H27N7O2S. The molecule has 0 unspecified atom stereocenters. The number of methoxy groups -OCH3 is 1. The Labute approximate surface area is 201 Å². The van der Waals surface area contributed by atoms with Gasteiger partial charge in [0.1, 0.15) is 16.4 Å². The van der Waals surface area contributed by atoms with Crippen LogP contribution < -0.4 is 4.74 Å². The quantitative estimate of drug-likeness (QED) is 0.432. The molecule has 0 amide bonds. The number of hydrogen-bond acceptors (Lipinski definition) is 9. The maximum Gasteiger partial charge on any atom is 0.205 e. The van der Waals surface area contributed by atoms with Crippen LogP contribution in [0.5, 0.6) is 5.75 Å². The molecule has 0 N–H and O–H groups in total. The third-order valence-electron chi connectivity index (χ3n) is 6.58. The summed E-state index contributed by atoms with van der Waals surface area (Å²) in [6, 6.07) is 7.69. The van der Waals surface area contributed by atoms with Crippen molar-refractivity contribution in [3.8, 4) is 23.0 Å². The standard InChI is InChI=1S/C24H27N7O2S/c1-15-6-7-18-19(12-15)34-24-21(18)23(25-20(26-24)14-30-8-10-33-11-9-30)31-28-22(27-29-31)16-4-3-5-17(13-16)32-2/h3-5,13,15H,6-12,14H2,1-2H3/t15-/m1/s1. The van der Waals surface area contributed by atoms with Crippen LogP contribution in [0.3, 0.4) is 0 Å². The third-order valence-corrected chi connectivity index (χ3v) is 7.73. The summed E-state index contributed by atoms with van der Waals surface area (Å²) >= 11 is 1.80. The van der Waals surface area contributed by atoms with Gasteiger partial charge in [-0.15, -0.1) is 26.3 Å². The zero-order valence-corrected chi connectivity index (χ0v) is 20.2. The molecule has 34 heavy (non-hydrogen) atoms. The van der Waals surface area contributed by atoms with Gasteiger partial charge < -0.3 is 9.47 Å². The second-order valence-electron chi connectivity index (χ2n) is 9.02. The Morgan fingerprint density at radius 1 is 1.21 bits per heavy atom. The normalized spacial score (nSPS) is 18.8. The van der Waals surface area contributed by atoms with Gasteiger partial charge in [0.05, 0.1) is 32.3 Å². The van der Waals surface area contributed by atoms with Gasteiger partial charge in [0.15, 0.2) is 5.82 Å². The molecule has 4 heterocycles. The average Bonchev–Trinajstić information content (AvgIpc) is 3.49. The lowest BCUT2D eigenvalue weighted by atomic mass is 9.89. The van der Waals surface area contributed by atoms with Crippen LogP contribution in [-0.4, -0.2) is 68.5 Å². The van der Waals surface area contributed by atoms with Gasteiger partial charge in [-0.05, 0) is 48.1 Å². The number of morpholine rings is 1. The molecule has 0 saturated carbocycles. The van der Waals surface area contributed by atoms with E-state index >= 15 is 0 Å². The fraction of sp³-hybridized carbons (Fsp3) is 0.458. The van der Waals surface area contributed by atoms with Crippen LogP contribution in [0.25, 0.3) is 27.4 Å². The van der Waals surface area contributed by atoms with Crippen LogP contribution in [-0.2, 0) is 24.1 Å². The fourth-order valence-electron chi connectivity index (χ4n) is 4.72. The Kier molecular flexibility index (Phi) is 5.72. The lowest BCUT2D eigenvalue weighted by molar-refractivity contribution is 0.0331. The van der Waals surface area contributed by atoms with Gasteiger partial charge in [-0.2, -0.15) is 0 Å². The number of thiophene rings is 1. The first-order chi connectivity index (χ1) is 16.7. The van der Waals surface area contributed by atoms with E-state index in [2.05, 4.69) is 22.1 Å². The van der Waals surface area contributed by atoms with E-state index in [0.29, 0.717) is 18.3 Å². The largest absolute Gasteiger partial charge is 0.497 e. The molecule has 1 aromatic carbocycles. The molecule has 4 aromatic rings. The minimum absolute atomic E-state index is 0.540. The molecule has 0 radical (unpaired) electrons. The minimum atomic E-state index is 0.540. The molecule has 3 aromatic heterocycles. The van der Waals surface area contributed by atoms with E-state index in [-0.39, 0.29) is 0 Å². The van der Waals surface area contributed by atoms with Crippen LogP contribution in [0.2, 0.25) is 0 Å². The van der Waals surface area contributed by atoms with Gasteiger partial charge in [0.25, 0.3) is 0 Å². The zero-order valence-electron chi connectivity index (χ0n) is 19.4. The summed E-state index contributed by atoms with van der Waals surface area (Å²) in [7, 11) is 1.65. The maximum atomic E-state index is 5.51. The molecule has 1 fully saturated rings. The molecule has 1 aliphatic heterocycles. The molecule has 6 rings (SSSR count). The highest BCUT2D eigenvalue weighted by atomic mass is 32.1. The van der Waals surface area contributed by atoms with Crippen molar-refractivity contribution in [3.05, 3.63) is 40.5 Å². The van der Waals surface area contributed by atoms with Crippen LogP contribution >= 0.6 is 11.3 Å². The van der Waals surface area contributed by atoms with Gasteiger partial charge >= 0.3 is 0 Å². The van der Waals surface area contributed by atoms with E-state index in [1.54, 1.807) is 23.2 Å². The van der Waals surface area contributed by atoms with Crippen molar-refractivity contribution in [1.82, 2.24) is 35.1 Å². The number of ether oxygens (including phenoxy) is 2. The van der Waals surface area contributed by atoms with Crippen LogP contribution in [0.4, 0.5) is 0 Å². The van der Waals surface area contributed by atoms with Gasteiger partial charge in [-0.25, -0.2) is 9.97 Å².